The number of carbonyl (C=O) groups is 2. The van der Waals surface area contributed by atoms with E-state index in [0.717, 1.165) is 16.8 Å². The topological polar surface area (TPSA) is 49.9 Å². The number of methoxy groups -OCH3 is 1. The SMILES string of the molecule is COc1cccc(N2C(=O)CS[C@@]23C(=O)N(Cc2ccccc2)c2ccccc23)c1. The van der Waals surface area contributed by atoms with Crippen molar-refractivity contribution in [1.82, 2.24) is 0 Å². The van der Waals surface area contributed by atoms with Gasteiger partial charge in [0.1, 0.15) is 5.75 Å². The summed E-state index contributed by atoms with van der Waals surface area (Å²) in [5, 5.41) is 0. The smallest absolute Gasteiger partial charge is 0.269 e. The summed E-state index contributed by atoms with van der Waals surface area (Å²) in [4.78, 5) is 29.3. The summed E-state index contributed by atoms with van der Waals surface area (Å²) in [7, 11) is 1.59. The Hall–Kier alpha value is -3.25. The number of rotatable bonds is 4. The van der Waals surface area contributed by atoms with Gasteiger partial charge in [-0.05, 0) is 23.8 Å². The lowest BCUT2D eigenvalue weighted by atomic mass is 10.0. The Morgan fingerprint density at radius 1 is 0.967 bits per heavy atom. The van der Waals surface area contributed by atoms with Crippen LogP contribution >= 0.6 is 11.8 Å². The molecule has 0 unspecified atom stereocenters. The predicted molar refractivity (Wildman–Crippen MR) is 119 cm³/mol. The molecule has 1 saturated heterocycles. The first-order valence-electron chi connectivity index (χ1n) is 9.71. The number of amides is 2. The summed E-state index contributed by atoms with van der Waals surface area (Å²) in [6.45, 7) is 0.457. The van der Waals surface area contributed by atoms with Crippen molar-refractivity contribution in [3.05, 3.63) is 90.0 Å². The van der Waals surface area contributed by atoms with Crippen LogP contribution in [0.1, 0.15) is 11.1 Å². The second-order valence-corrected chi connectivity index (χ2v) is 8.43. The zero-order valence-corrected chi connectivity index (χ0v) is 17.3. The van der Waals surface area contributed by atoms with Crippen LogP contribution in [0.4, 0.5) is 11.4 Å². The van der Waals surface area contributed by atoms with Crippen molar-refractivity contribution in [3.8, 4) is 5.75 Å². The first-order chi connectivity index (χ1) is 14.6. The summed E-state index contributed by atoms with van der Waals surface area (Å²) >= 11 is 1.39. The van der Waals surface area contributed by atoms with Gasteiger partial charge >= 0.3 is 0 Å². The maximum Gasteiger partial charge on any atom is 0.269 e. The molecule has 5 nitrogen and oxygen atoms in total. The normalized spacial score (nSPS) is 20.2. The largest absolute Gasteiger partial charge is 0.497 e. The van der Waals surface area contributed by atoms with Crippen molar-refractivity contribution in [3.63, 3.8) is 0 Å². The van der Waals surface area contributed by atoms with Gasteiger partial charge in [0.05, 0.1) is 25.1 Å². The zero-order valence-electron chi connectivity index (χ0n) is 16.4. The van der Waals surface area contributed by atoms with Crippen molar-refractivity contribution >= 4 is 35.0 Å². The highest BCUT2D eigenvalue weighted by Crippen LogP contribution is 2.56. The monoisotopic (exact) mass is 416 g/mol. The molecule has 2 aliphatic heterocycles. The van der Waals surface area contributed by atoms with Crippen LogP contribution in [0.5, 0.6) is 5.75 Å². The lowest BCUT2D eigenvalue weighted by Crippen LogP contribution is -2.49. The summed E-state index contributed by atoms with van der Waals surface area (Å²) < 4.78 is 5.36. The molecule has 2 aliphatic rings. The molecule has 150 valence electrons. The molecule has 2 heterocycles. The molecule has 0 radical (unpaired) electrons. The second-order valence-electron chi connectivity index (χ2n) is 7.26. The van der Waals surface area contributed by atoms with Gasteiger partial charge in [0, 0.05) is 17.3 Å². The lowest BCUT2D eigenvalue weighted by Gasteiger charge is -2.33. The van der Waals surface area contributed by atoms with E-state index in [0.29, 0.717) is 18.0 Å². The van der Waals surface area contributed by atoms with Crippen LogP contribution < -0.4 is 14.5 Å². The minimum absolute atomic E-state index is 0.0852. The summed E-state index contributed by atoms with van der Waals surface area (Å²) in [5.74, 6) is 0.715. The van der Waals surface area contributed by atoms with Crippen molar-refractivity contribution < 1.29 is 14.3 Å². The molecule has 0 bridgehead atoms. The van der Waals surface area contributed by atoms with Gasteiger partial charge < -0.3 is 9.64 Å². The lowest BCUT2D eigenvalue weighted by molar-refractivity contribution is -0.123. The van der Waals surface area contributed by atoms with Crippen LogP contribution in [0.15, 0.2) is 78.9 Å². The van der Waals surface area contributed by atoms with Crippen molar-refractivity contribution in [2.75, 3.05) is 22.7 Å². The van der Waals surface area contributed by atoms with Gasteiger partial charge in [0.25, 0.3) is 5.91 Å². The van der Waals surface area contributed by atoms with Crippen LogP contribution in [-0.2, 0) is 21.0 Å². The maximum atomic E-state index is 14.0. The number of hydrogen-bond acceptors (Lipinski definition) is 4. The van der Waals surface area contributed by atoms with Gasteiger partial charge in [0.2, 0.25) is 10.8 Å². The Morgan fingerprint density at radius 3 is 2.53 bits per heavy atom. The zero-order chi connectivity index (χ0) is 20.7. The van der Waals surface area contributed by atoms with E-state index in [4.69, 9.17) is 4.74 Å². The van der Waals surface area contributed by atoms with E-state index < -0.39 is 4.87 Å². The fourth-order valence-corrected chi connectivity index (χ4v) is 5.59. The molecule has 30 heavy (non-hydrogen) atoms. The molecule has 3 aromatic carbocycles. The molecule has 0 aliphatic carbocycles. The van der Waals surface area contributed by atoms with Crippen LogP contribution in [0.25, 0.3) is 0 Å². The molecular weight excluding hydrogens is 396 g/mol. The second kappa shape index (κ2) is 7.22. The number of benzene rings is 3. The van der Waals surface area contributed by atoms with Crippen LogP contribution in [0, 0.1) is 0 Å². The van der Waals surface area contributed by atoms with E-state index in [1.165, 1.54) is 11.8 Å². The predicted octanol–water partition coefficient (Wildman–Crippen LogP) is 4.17. The number of anilines is 2. The molecule has 3 aromatic rings. The Morgan fingerprint density at radius 2 is 1.73 bits per heavy atom. The van der Waals surface area contributed by atoms with Gasteiger partial charge in [-0.15, -0.1) is 11.8 Å². The first kappa shape index (κ1) is 18.8. The van der Waals surface area contributed by atoms with Crippen molar-refractivity contribution in [2.45, 2.75) is 11.4 Å². The third-order valence-corrected chi connectivity index (χ3v) is 6.94. The number of thioether (sulfide) groups is 1. The van der Waals surface area contributed by atoms with Crippen LogP contribution in [0.3, 0.4) is 0 Å². The van der Waals surface area contributed by atoms with Gasteiger partial charge in [-0.3, -0.25) is 14.5 Å². The molecule has 6 heteroatoms. The minimum atomic E-state index is -1.10. The van der Waals surface area contributed by atoms with Crippen LogP contribution in [0.2, 0.25) is 0 Å². The number of carbonyl (C=O) groups excluding carboxylic acids is 2. The van der Waals surface area contributed by atoms with Crippen LogP contribution in [-0.4, -0.2) is 24.7 Å². The molecule has 1 spiro atoms. The van der Waals surface area contributed by atoms with Gasteiger partial charge in [-0.25, -0.2) is 0 Å². The van der Waals surface area contributed by atoms with E-state index >= 15 is 0 Å². The first-order valence-corrected chi connectivity index (χ1v) is 10.7. The van der Waals surface area contributed by atoms with Crippen molar-refractivity contribution in [2.24, 2.45) is 0 Å². The quantitative estimate of drug-likeness (QED) is 0.640. The molecule has 1 atom stereocenters. The minimum Gasteiger partial charge on any atom is -0.497 e. The molecule has 1 fully saturated rings. The number of fused-ring (bicyclic) bond motifs is 2. The van der Waals surface area contributed by atoms with E-state index in [2.05, 4.69) is 0 Å². The Labute approximate surface area is 179 Å². The molecule has 0 N–H and O–H groups in total. The highest BCUT2D eigenvalue weighted by Gasteiger charge is 2.60. The number of nitrogens with zero attached hydrogens (tertiary/aromatic N) is 2. The Balaban J connectivity index is 1.65. The summed E-state index contributed by atoms with van der Waals surface area (Å²) in [6, 6.07) is 25.0. The van der Waals surface area contributed by atoms with Gasteiger partial charge in [-0.2, -0.15) is 0 Å². The number of para-hydroxylation sites is 1. The maximum absolute atomic E-state index is 14.0. The standard InChI is InChI=1S/C24H20N2O3S/c1-29-19-11-7-10-18(14-19)26-22(27)16-30-24(26)20-12-5-6-13-21(20)25(23(24)28)15-17-8-3-2-4-9-17/h2-14H,15-16H2,1H3/t24-/m0/s1. The highest BCUT2D eigenvalue weighted by molar-refractivity contribution is 8.02. The molecule has 0 aromatic heterocycles. The van der Waals surface area contributed by atoms with E-state index in [9.17, 15) is 9.59 Å². The van der Waals surface area contributed by atoms with Gasteiger partial charge in [0.15, 0.2) is 0 Å². The Kier molecular flexibility index (Phi) is 4.51. The molecular formula is C24H20N2O3S. The summed E-state index contributed by atoms with van der Waals surface area (Å²) in [6.07, 6.45) is 0. The molecule has 5 rings (SSSR count). The average molecular weight is 417 g/mol. The van der Waals surface area contributed by atoms with Gasteiger partial charge in [-0.1, -0.05) is 54.6 Å². The fourth-order valence-electron chi connectivity index (χ4n) is 4.23. The highest BCUT2D eigenvalue weighted by atomic mass is 32.2. The van der Waals surface area contributed by atoms with E-state index in [1.807, 2.05) is 72.8 Å². The molecule has 0 saturated carbocycles. The van der Waals surface area contributed by atoms with E-state index in [-0.39, 0.29) is 17.6 Å². The third kappa shape index (κ3) is 2.71. The van der Waals surface area contributed by atoms with Crippen molar-refractivity contribution in [1.29, 1.82) is 0 Å². The molecule has 2 amide bonds. The summed E-state index contributed by atoms with van der Waals surface area (Å²) in [5.41, 5.74) is 3.40. The number of hydrogen-bond donors (Lipinski definition) is 0. The average Bonchev–Trinajstić information content (AvgIpc) is 3.26. The fraction of sp³-hybridized carbons (Fsp3) is 0.167. The Bertz CT molecular complexity index is 1130. The number of ether oxygens (including phenoxy) is 1. The van der Waals surface area contributed by atoms with E-state index in [1.54, 1.807) is 23.0 Å². The third-order valence-electron chi connectivity index (χ3n) is 5.56.